The third-order valence-corrected chi connectivity index (χ3v) is 5.02. The highest BCUT2D eigenvalue weighted by molar-refractivity contribution is 5.85. The van der Waals surface area contributed by atoms with Gasteiger partial charge in [0.05, 0.1) is 6.54 Å². The fourth-order valence-corrected chi connectivity index (χ4v) is 3.68. The molecule has 25 heavy (non-hydrogen) atoms. The van der Waals surface area contributed by atoms with Gasteiger partial charge in [-0.2, -0.15) is 0 Å². The quantitative estimate of drug-likeness (QED) is 0.799. The van der Waals surface area contributed by atoms with Crippen LogP contribution in [0, 0.1) is 0 Å². The number of likely N-dealkylation sites (N-methyl/N-ethyl adjacent to an activating group) is 1. The largest absolute Gasteiger partial charge is 0.459 e. The van der Waals surface area contributed by atoms with E-state index in [1.54, 1.807) is 11.9 Å². The number of hydrogen-bond acceptors (Lipinski definition) is 3. The number of carbonyl (C=O) groups excluding carboxylic acids is 1. The molecule has 2 aromatic carbocycles. The van der Waals surface area contributed by atoms with Crippen molar-refractivity contribution in [3.05, 3.63) is 71.5 Å². The highest BCUT2D eigenvalue weighted by Crippen LogP contribution is 2.30. The molecule has 1 unspecified atom stereocenters. The normalized spacial score (nSPS) is 19.6. The van der Waals surface area contributed by atoms with Gasteiger partial charge in [0.1, 0.15) is 16.9 Å². The summed E-state index contributed by atoms with van der Waals surface area (Å²) in [6, 6.07) is 17.7. The van der Waals surface area contributed by atoms with Gasteiger partial charge in [-0.25, -0.2) is 0 Å². The zero-order valence-corrected chi connectivity index (χ0v) is 14.2. The highest BCUT2D eigenvalue weighted by atomic mass is 16.3. The van der Waals surface area contributed by atoms with Crippen LogP contribution < -0.4 is 0 Å². The summed E-state index contributed by atoms with van der Waals surface area (Å²) in [6.45, 7) is 0.345. The lowest BCUT2D eigenvalue weighted by molar-refractivity contribution is -0.152. The van der Waals surface area contributed by atoms with E-state index in [0.29, 0.717) is 19.4 Å². The van der Waals surface area contributed by atoms with Crippen LogP contribution in [0.1, 0.15) is 23.3 Å². The lowest BCUT2D eigenvalue weighted by Gasteiger charge is -2.35. The van der Waals surface area contributed by atoms with E-state index in [0.717, 1.165) is 28.7 Å². The average Bonchev–Trinajstić information content (AvgIpc) is 3.03. The van der Waals surface area contributed by atoms with Gasteiger partial charge in [-0.15, -0.1) is 0 Å². The SMILES string of the molecule is CN(Cc1cc2ccccc2o1)C(=O)C1(O)CCc2ccccc2C1. The van der Waals surface area contributed by atoms with Crippen molar-refractivity contribution in [3.63, 3.8) is 0 Å². The van der Waals surface area contributed by atoms with Crippen LogP contribution >= 0.6 is 0 Å². The van der Waals surface area contributed by atoms with E-state index in [2.05, 4.69) is 6.07 Å². The van der Waals surface area contributed by atoms with Gasteiger partial charge in [-0.3, -0.25) is 4.79 Å². The molecular formula is C21H21NO3. The summed E-state index contributed by atoms with van der Waals surface area (Å²) in [4.78, 5) is 14.4. The summed E-state index contributed by atoms with van der Waals surface area (Å²) in [5.74, 6) is 0.472. The topological polar surface area (TPSA) is 53.7 Å². The van der Waals surface area contributed by atoms with Crippen LogP contribution in [-0.2, 0) is 24.2 Å². The number of aliphatic hydroxyl groups is 1. The second-order valence-electron chi connectivity index (χ2n) is 6.89. The van der Waals surface area contributed by atoms with Crippen LogP contribution in [0.2, 0.25) is 0 Å². The lowest BCUT2D eigenvalue weighted by Crippen LogP contribution is -2.50. The summed E-state index contributed by atoms with van der Waals surface area (Å²) in [5, 5.41) is 12.0. The molecule has 1 aliphatic rings. The molecule has 4 nitrogen and oxygen atoms in total. The Hall–Kier alpha value is -2.59. The Kier molecular flexibility index (Phi) is 3.85. The first-order valence-corrected chi connectivity index (χ1v) is 8.57. The van der Waals surface area contributed by atoms with Crippen LogP contribution in [0.15, 0.2) is 59.0 Å². The van der Waals surface area contributed by atoms with Gasteiger partial charge < -0.3 is 14.4 Å². The molecule has 3 aromatic rings. The lowest BCUT2D eigenvalue weighted by atomic mass is 9.79. The van der Waals surface area contributed by atoms with Crippen molar-refractivity contribution in [3.8, 4) is 0 Å². The molecule has 1 atom stereocenters. The maximum atomic E-state index is 12.9. The van der Waals surface area contributed by atoms with Crippen LogP contribution in [0.3, 0.4) is 0 Å². The Morgan fingerprint density at radius 1 is 1.16 bits per heavy atom. The molecule has 1 amide bonds. The second-order valence-corrected chi connectivity index (χ2v) is 6.89. The number of amides is 1. The summed E-state index contributed by atoms with van der Waals surface area (Å²) in [5.41, 5.74) is 1.75. The molecule has 1 heterocycles. The molecule has 1 aromatic heterocycles. The first-order valence-electron chi connectivity index (χ1n) is 8.57. The maximum Gasteiger partial charge on any atom is 0.255 e. The molecule has 128 valence electrons. The molecule has 0 saturated carbocycles. The molecule has 0 spiro atoms. The molecule has 4 heteroatoms. The summed E-state index contributed by atoms with van der Waals surface area (Å²) in [7, 11) is 1.72. The number of fused-ring (bicyclic) bond motifs is 2. The standard InChI is InChI=1S/C21H21NO3/c1-22(14-18-12-16-7-4-5-9-19(16)25-18)20(23)21(24)11-10-15-6-2-3-8-17(15)13-21/h2-9,12,24H,10-11,13-14H2,1H3. The van der Waals surface area contributed by atoms with E-state index >= 15 is 0 Å². The van der Waals surface area contributed by atoms with E-state index in [9.17, 15) is 9.90 Å². The average molecular weight is 335 g/mol. The molecule has 0 fully saturated rings. The fourth-order valence-electron chi connectivity index (χ4n) is 3.68. The minimum Gasteiger partial charge on any atom is -0.459 e. The van der Waals surface area contributed by atoms with Gasteiger partial charge in [0.25, 0.3) is 5.91 Å². The van der Waals surface area contributed by atoms with E-state index in [4.69, 9.17) is 4.42 Å². The Balaban J connectivity index is 1.52. The second kappa shape index (κ2) is 6.05. The number of furan rings is 1. The minimum absolute atomic E-state index is 0.248. The van der Waals surface area contributed by atoms with Crippen LogP contribution in [0.4, 0.5) is 0 Å². The first-order chi connectivity index (χ1) is 12.0. The Morgan fingerprint density at radius 3 is 2.68 bits per heavy atom. The number of carbonyl (C=O) groups is 1. The molecule has 0 saturated heterocycles. The maximum absolute atomic E-state index is 12.9. The van der Waals surface area contributed by atoms with Gasteiger partial charge >= 0.3 is 0 Å². The molecule has 0 aliphatic heterocycles. The van der Waals surface area contributed by atoms with Crippen LogP contribution in [-0.4, -0.2) is 28.6 Å². The number of hydrogen-bond donors (Lipinski definition) is 1. The van der Waals surface area contributed by atoms with Crippen LogP contribution in [0.5, 0.6) is 0 Å². The Bertz CT molecular complexity index is 897. The zero-order chi connectivity index (χ0) is 17.4. The van der Waals surface area contributed by atoms with Gasteiger partial charge in [0.2, 0.25) is 0 Å². The first kappa shape index (κ1) is 15.9. The van der Waals surface area contributed by atoms with Crippen molar-refractivity contribution < 1.29 is 14.3 Å². The number of aryl methyl sites for hydroxylation is 1. The van der Waals surface area contributed by atoms with Crippen molar-refractivity contribution in [1.82, 2.24) is 4.90 Å². The molecule has 4 rings (SSSR count). The van der Waals surface area contributed by atoms with E-state index in [1.165, 1.54) is 5.56 Å². The number of rotatable bonds is 3. The third kappa shape index (κ3) is 2.94. The Morgan fingerprint density at radius 2 is 1.88 bits per heavy atom. The van der Waals surface area contributed by atoms with Gasteiger partial charge in [-0.05, 0) is 36.1 Å². The number of para-hydroxylation sites is 1. The minimum atomic E-state index is -1.34. The molecule has 0 bridgehead atoms. The van der Waals surface area contributed by atoms with Crippen molar-refractivity contribution in [1.29, 1.82) is 0 Å². The summed E-state index contributed by atoms with van der Waals surface area (Å²) >= 11 is 0. The number of nitrogens with zero attached hydrogens (tertiary/aromatic N) is 1. The van der Waals surface area contributed by atoms with Gasteiger partial charge in [0.15, 0.2) is 0 Å². The molecular weight excluding hydrogens is 314 g/mol. The molecule has 1 aliphatic carbocycles. The van der Waals surface area contributed by atoms with E-state index in [1.807, 2.05) is 48.5 Å². The number of benzene rings is 2. The van der Waals surface area contributed by atoms with Crippen LogP contribution in [0.25, 0.3) is 11.0 Å². The summed E-state index contributed by atoms with van der Waals surface area (Å²) in [6.07, 6.45) is 1.54. The third-order valence-electron chi connectivity index (χ3n) is 5.02. The van der Waals surface area contributed by atoms with Gasteiger partial charge in [-0.1, -0.05) is 42.5 Å². The van der Waals surface area contributed by atoms with Crippen molar-refractivity contribution in [2.24, 2.45) is 0 Å². The zero-order valence-electron chi connectivity index (χ0n) is 14.2. The fraction of sp³-hybridized carbons (Fsp3) is 0.286. The van der Waals surface area contributed by atoms with Crippen molar-refractivity contribution in [2.75, 3.05) is 7.05 Å². The summed E-state index contributed by atoms with van der Waals surface area (Å²) < 4.78 is 5.79. The highest BCUT2D eigenvalue weighted by Gasteiger charge is 2.41. The van der Waals surface area contributed by atoms with Crippen molar-refractivity contribution in [2.45, 2.75) is 31.4 Å². The molecule has 1 N–H and O–H groups in total. The van der Waals surface area contributed by atoms with E-state index < -0.39 is 5.60 Å². The monoisotopic (exact) mass is 335 g/mol. The van der Waals surface area contributed by atoms with Gasteiger partial charge in [0, 0.05) is 18.9 Å². The Labute approximate surface area is 146 Å². The predicted octanol–water partition coefficient (Wildman–Crippen LogP) is 3.31. The molecule has 0 radical (unpaired) electrons. The van der Waals surface area contributed by atoms with E-state index in [-0.39, 0.29) is 5.91 Å². The predicted molar refractivity (Wildman–Crippen MR) is 96.1 cm³/mol. The van der Waals surface area contributed by atoms with Crippen molar-refractivity contribution >= 4 is 16.9 Å². The smallest absolute Gasteiger partial charge is 0.255 e.